The van der Waals surface area contributed by atoms with Gasteiger partial charge in [0, 0.05) is 24.7 Å². The Bertz CT molecular complexity index is 648. The number of aromatic nitrogens is 1. The molecule has 128 valence electrons. The van der Waals surface area contributed by atoms with Crippen LogP contribution in [0.1, 0.15) is 46.1 Å². The number of rotatable bonds is 2. The van der Waals surface area contributed by atoms with E-state index in [0.717, 1.165) is 5.46 Å². The molecule has 0 aromatic carbocycles. The Hall–Kier alpha value is -1.62. The molecule has 0 aliphatic carbocycles. The van der Waals surface area contributed by atoms with Crippen LogP contribution in [0.25, 0.3) is 0 Å². The van der Waals surface area contributed by atoms with Crippen LogP contribution in [0.2, 0.25) is 0 Å². The molecule has 24 heavy (non-hydrogen) atoms. The molecule has 2 saturated heterocycles. The van der Waals surface area contributed by atoms with Crippen molar-refractivity contribution in [1.82, 2.24) is 4.98 Å². The fraction of sp³-hybridized carbons (Fsp3) is 0.647. The highest BCUT2D eigenvalue weighted by Crippen LogP contribution is 2.36. The normalized spacial score (nSPS) is 23.3. The van der Waals surface area contributed by atoms with Gasteiger partial charge in [-0.05, 0) is 46.6 Å². The van der Waals surface area contributed by atoms with E-state index in [9.17, 15) is 10.4 Å². The van der Waals surface area contributed by atoms with E-state index in [1.807, 2.05) is 27.7 Å². The van der Waals surface area contributed by atoms with E-state index < -0.39 is 18.3 Å². The molecule has 3 rings (SSSR count). The molecule has 1 N–H and O–H groups in total. The van der Waals surface area contributed by atoms with Gasteiger partial charge >= 0.3 is 7.12 Å². The molecule has 1 aromatic rings. The number of anilines is 1. The molecule has 2 fully saturated rings. The van der Waals surface area contributed by atoms with Crippen molar-refractivity contribution in [2.24, 2.45) is 0 Å². The Kier molecular flexibility index (Phi) is 4.33. The minimum atomic E-state index is -0.521. The standard InChI is InChI=1S/C17H24BN3O3/c1-16(2)17(3,4)24-18(23-16)13-9-12(10-19)15(20-11-13)21-7-5-14(22)6-8-21/h9,11,14,22H,5-8H2,1-4H3. The maximum absolute atomic E-state index is 9.64. The number of aliphatic hydroxyl groups excluding tert-OH is 1. The van der Waals surface area contributed by atoms with Gasteiger partial charge in [0.15, 0.2) is 0 Å². The van der Waals surface area contributed by atoms with Crippen molar-refractivity contribution in [3.63, 3.8) is 0 Å². The molecule has 0 amide bonds. The first-order valence-electron chi connectivity index (χ1n) is 8.42. The summed E-state index contributed by atoms with van der Waals surface area (Å²) in [5.41, 5.74) is 0.419. The first kappa shape index (κ1) is 17.2. The lowest BCUT2D eigenvalue weighted by molar-refractivity contribution is 0.00578. The number of nitriles is 1. The SMILES string of the molecule is CC1(C)OB(c2cnc(N3CCC(O)CC3)c(C#N)c2)OC1(C)C. The van der Waals surface area contributed by atoms with E-state index in [0.29, 0.717) is 37.3 Å². The quantitative estimate of drug-likeness (QED) is 0.822. The molecule has 0 atom stereocenters. The Morgan fingerprint density at radius 1 is 1.25 bits per heavy atom. The lowest BCUT2D eigenvalue weighted by atomic mass is 9.79. The smallest absolute Gasteiger partial charge is 0.399 e. The van der Waals surface area contributed by atoms with Crippen LogP contribution >= 0.6 is 0 Å². The minimum Gasteiger partial charge on any atom is -0.399 e. The summed E-state index contributed by atoms with van der Waals surface area (Å²) in [6.07, 6.45) is 2.87. The molecule has 0 bridgehead atoms. The maximum atomic E-state index is 9.64. The van der Waals surface area contributed by atoms with E-state index >= 15 is 0 Å². The van der Waals surface area contributed by atoms with Crippen LogP contribution < -0.4 is 10.4 Å². The summed E-state index contributed by atoms with van der Waals surface area (Å²) in [4.78, 5) is 6.55. The van der Waals surface area contributed by atoms with Crippen molar-refractivity contribution in [3.8, 4) is 6.07 Å². The van der Waals surface area contributed by atoms with Gasteiger partial charge in [-0.3, -0.25) is 0 Å². The zero-order valence-corrected chi connectivity index (χ0v) is 14.7. The summed E-state index contributed by atoms with van der Waals surface area (Å²) in [6.45, 7) is 9.41. The number of piperidine rings is 1. The highest BCUT2D eigenvalue weighted by atomic mass is 16.7. The molecule has 0 spiro atoms. The lowest BCUT2D eigenvalue weighted by Crippen LogP contribution is -2.41. The molecule has 0 unspecified atom stereocenters. The van der Waals surface area contributed by atoms with Crippen LogP contribution in [0.3, 0.4) is 0 Å². The molecule has 0 radical (unpaired) electrons. The van der Waals surface area contributed by atoms with Gasteiger partial charge in [0.1, 0.15) is 11.9 Å². The monoisotopic (exact) mass is 329 g/mol. The highest BCUT2D eigenvalue weighted by molar-refractivity contribution is 6.62. The van der Waals surface area contributed by atoms with Gasteiger partial charge in [0.25, 0.3) is 0 Å². The van der Waals surface area contributed by atoms with Crippen LogP contribution in [-0.4, -0.2) is 47.6 Å². The van der Waals surface area contributed by atoms with Gasteiger partial charge in [-0.25, -0.2) is 4.98 Å². The third-order valence-corrected chi connectivity index (χ3v) is 5.30. The fourth-order valence-electron chi connectivity index (χ4n) is 2.99. The number of nitrogens with zero attached hydrogens (tertiary/aromatic N) is 3. The van der Waals surface area contributed by atoms with Crippen molar-refractivity contribution in [1.29, 1.82) is 5.26 Å². The molecule has 0 saturated carbocycles. The Morgan fingerprint density at radius 3 is 2.38 bits per heavy atom. The van der Waals surface area contributed by atoms with Crippen LogP contribution in [0.5, 0.6) is 0 Å². The van der Waals surface area contributed by atoms with Crippen molar-refractivity contribution in [2.75, 3.05) is 18.0 Å². The van der Waals surface area contributed by atoms with Crippen LogP contribution in [-0.2, 0) is 9.31 Å². The second-order valence-electron chi connectivity index (χ2n) is 7.56. The second-order valence-corrected chi connectivity index (χ2v) is 7.56. The van der Waals surface area contributed by atoms with Gasteiger partial charge in [-0.15, -0.1) is 0 Å². The summed E-state index contributed by atoms with van der Waals surface area (Å²) in [6, 6.07) is 4.03. The molecule has 7 heteroatoms. The van der Waals surface area contributed by atoms with Gasteiger partial charge in [-0.2, -0.15) is 5.26 Å². The molecule has 2 aliphatic rings. The number of hydrogen-bond donors (Lipinski definition) is 1. The van der Waals surface area contributed by atoms with Crippen molar-refractivity contribution < 1.29 is 14.4 Å². The molecule has 2 aliphatic heterocycles. The van der Waals surface area contributed by atoms with Gasteiger partial charge in [0.2, 0.25) is 0 Å². The van der Waals surface area contributed by atoms with Gasteiger partial charge in [-0.1, -0.05) is 0 Å². The summed E-state index contributed by atoms with van der Waals surface area (Å²) in [7, 11) is -0.521. The van der Waals surface area contributed by atoms with Crippen molar-refractivity contribution >= 4 is 18.4 Å². The van der Waals surface area contributed by atoms with E-state index in [4.69, 9.17) is 9.31 Å². The van der Waals surface area contributed by atoms with E-state index in [-0.39, 0.29) is 6.10 Å². The fourth-order valence-corrected chi connectivity index (χ4v) is 2.99. The predicted molar refractivity (Wildman–Crippen MR) is 92.1 cm³/mol. The van der Waals surface area contributed by atoms with E-state index in [1.54, 1.807) is 12.3 Å². The molecular weight excluding hydrogens is 305 g/mol. The third-order valence-electron chi connectivity index (χ3n) is 5.30. The zero-order chi connectivity index (χ0) is 17.5. The summed E-state index contributed by atoms with van der Waals surface area (Å²) < 4.78 is 12.1. The van der Waals surface area contributed by atoms with E-state index in [2.05, 4.69) is 16.0 Å². The second kappa shape index (κ2) is 6.03. The Labute approximate surface area is 143 Å². The lowest BCUT2D eigenvalue weighted by Gasteiger charge is -2.32. The zero-order valence-electron chi connectivity index (χ0n) is 14.7. The first-order valence-corrected chi connectivity index (χ1v) is 8.42. The molecule has 1 aromatic heterocycles. The average molecular weight is 329 g/mol. The summed E-state index contributed by atoms with van der Waals surface area (Å²) >= 11 is 0. The topological polar surface area (TPSA) is 78.6 Å². The molecule has 3 heterocycles. The molecule has 6 nitrogen and oxygen atoms in total. The number of pyridine rings is 1. The Morgan fingerprint density at radius 2 is 1.83 bits per heavy atom. The van der Waals surface area contributed by atoms with Crippen molar-refractivity contribution in [2.45, 2.75) is 57.8 Å². The van der Waals surface area contributed by atoms with Crippen LogP contribution in [0.4, 0.5) is 5.82 Å². The summed E-state index contributed by atoms with van der Waals surface area (Å²) in [5, 5.41) is 19.2. The minimum absolute atomic E-state index is 0.254. The van der Waals surface area contributed by atoms with Gasteiger partial charge in [0.05, 0.1) is 22.9 Å². The highest BCUT2D eigenvalue weighted by Gasteiger charge is 2.52. The first-order chi connectivity index (χ1) is 11.2. The van der Waals surface area contributed by atoms with E-state index in [1.165, 1.54) is 0 Å². The maximum Gasteiger partial charge on any atom is 0.496 e. The summed E-state index contributed by atoms with van der Waals surface area (Å²) in [5.74, 6) is 0.671. The Balaban J connectivity index is 1.84. The molecular formula is C17H24BN3O3. The van der Waals surface area contributed by atoms with Gasteiger partial charge < -0.3 is 19.3 Å². The average Bonchev–Trinajstić information content (AvgIpc) is 2.76. The third kappa shape index (κ3) is 3.02. The number of aliphatic hydroxyl groups is 1. The van der Waals surface area contributed by atoms with Crippen molar-refractivity contribution in [3.05, 3.63) is 17.8 Å². The largest absolute Gasteiger partial charge is 0.496 e. The van der Waals surface area contributed by atoms with Crippen LogP contribution in [0, 0.1) is 11.3 Å². The van der Waals surface area contributed by atoms with Crippen LogP contribution in [0.15, 0.2) is 12.3 Å². The predicted octanol–water partition coefficient (Wildman–Crippen LogP) is 1.21. The number of hydrogen-bond acceptors (Lipinski definition) is 6.